The molecule has 0 heterocycles. The highest BCUT2D eigenvalue weighted by molar-refractivity contribution is 5.96. The van der Waals surface area contributed by atoms with E-state index in [0.29, 0.717) is 18.1 Å². The lowest BCUT2D eigenvalue weighted by Gasteiger charge is -2.15. The number of nitro groups is 1. The largest absolute Gasteiger partial charge is 0.490 e. The Kier molecular flexibility index (Phi) is 7.32. The van der Waals surface area contributed by atoms with Gasteiger partial charge in [-0.05, 0) is 32.0 Å². The summed E-state index contributed by atoms with van der Waals surface area (Å²) in [5.74, 6) is -0.604. The first-order valence-corrected chi connectivity index (χ1v) is 8.50. The third-order valence-corrected chi connectivity index (χ3v) is 3.53. The fraction of sp³-hybridized carbons (Fsp3) is 0.263. The molecule has 1 N–H and O–H groups in total. The summed E-state index contributed by atoms with van der Waals surface area (Å²) in [5.41, 5.74) is -0.243. The van der Waals surface area contributed by atoms with E-state index in [1.54, 1.807) is 30.3 Å². The molecule has 9 nitrogen and oxygen atoms in total. The summed E-state index contributed by atoms with van der Waals surface area (Å²) in [4.78, 5) is 34.5. The number of esters is 1. The maximum absolute atomic E-state index is 12.2. The molecule has 9 heteroatoms. The number of hydrogen-bond donors (Lipinski definition) is 1. The molecule has 2 aromatic rings. The van der Waals surface area contributed by atoms with E-state index in [2.05, 4.69) is 5.32 Å². The van der Waals surface area contributed by atoms with Gasteiger partial charge in [-0.15, -0.1) is 0 Å². The van der Waals surface area contributed by atoms with Crippen LogP contribution in [-0.4, -0.2) is 36.1 Å². The molecule has 0 radical (unpaired) electrons. The number of para-hydroxylation sites is 4. The highest BCUT2D eigenvalue weighted by Gasteiger charge is 2.22. The van der Waals surface area contributed by atoms with Crippen molar-refractivity contribution in [2.24, 2.45) is 0 Å². The Labute approximate surface area is 161 Å². The third kappa shape index (κ3) is 5.70. The van der Waals surface area contributed by atoms with Gasteiger partial charge in [0.1, 0.15) is 5.69 Å². The zero-order valence-corrected chi connectivity index (χ0v) is 15.4. The second-order valence-corrected chi connectivity index (χ2v) is 5.56. The lowest BCUT2D eigenvalue weighted by molar-refractivity contribution is -0.383. The van der Waals surface area contributed by atoms with Crippen LogP contribution < -0.4 is 14.8 Å². The van der Waals surface area contributed by atoms with Crippen molar-refractivity contribution >= 4 is 23.3 Å². The van der Waals surface area contributed by atoms with Crippen LogP contribution in [0, 0.1) is 10.1 Å². The van der Waals surface area contributed by atoms with Gasteiger partial charge in [0.15, 0.2) is 24.2 Å². The molecule has 2 aromatic carbocycles. The zero-order chi connectivity index (χ0) is 20.5. The monoisotopic (exact) mass is 388 g/mol. The first kappa shape index (κ1) is 20.7. The molecule has 0 bridgehead atoms. The lowest BCUT2D eigenvalue weighted by Crippen LogP contribution is -2.31. The Morgan fingerprint density at radius 2 is 1.68 bits per heavy atom. The molecule has 148 valence electrons. The Bertz CT molecular complexity index is 854. The van der Waals surface area contributed by atoms with Gasteiger partial charge in [-0.1, -0.05) is 24.3 Å². The molecule has 0 aliphatic rings. The molecule has 0 aliphatic heterocycles. The van der Waals surface area contributed by atoms with E-state index in [0.717, 1.165) is 0 Å². The van der Waals surface area contributed by atoms with Gasteiger partial charge in [0.2, 0.25) is 0 Å². The normalized spacial score (nSPS) is 11.2. The van der Waals surface area contributed by atoms with Crippen LogP contribution in [0.5, 0.6) is 11.5 Å². The number of carbonyl (C=O) groups is 2. The SMILES string of the molecule is CCOc1ccccc1OCC(=O)O[C@@H](C)C(=O)Nc1ccccc1[N+](=O)[O-]. The van der Waals surface area contributed by atoms with Crippen molar-refractivity contribution in [3.63, 3.8) is 0 Å². The Morgan fingerprint density at radius 1 is 1.07 bits per heavy atom. The average molecular weight is 388 g/mol. The van der Waals surface area contributed by atoms with Crippen molar-refractivity contribution in [3.05, 3.63) is 58.6 Å². The smallest absolute Gasteiger partial charge is 0.344 e. The number of carbonyl (C=O) groups excluding carboxylic acids is 2. The van der Waals surface area contributed by atoms with Crippen molar-refractivity contribution in [1.29, 1.82) is 0 Å². The Hall–Kier alpha value is -3.62. The topological polar surface area (TPSA) is 117 Å². The summed E-state index contributed by atoms with van der Waals surface area (Å²) in [6, 6.07) is 12.5. The molecule has 1 atom stereocenters. The molecular formula is C19H20N2O7. The predicted molar refractivity (Wildman–Crippen MR) is 100 cm³/mol. The number of amides is 1. The van der Waals surface area contributed by atoms with Gasteiger partial charge in [0.05, 0.1) is 11.5 Å². The molecule has 0 aromatic heterocycles. The number of benzene rings is 2. The van der Waals surface area contributed by atoms with E-state index in [1.807, 2.05) is 6.92 Å². The molecule has 0 fully saturated rings. The van der Waals surface area contributed by atoms with Crippen molar-refractivity contribution in [1.82, 2.24) is 0 Å². The van der Waals surface area contributed by atoms with Crippen LogP contribution in [0.15, 0.2) is 48.5 Å². The number of anilines is 1. The summed E-state index contributed by atoms with van der Waals surface area (Å²) in [7, 11) is 0. The number of rotatable bonds is 9. The second kappa shape index (κ2) is 9.91. The molecule has 0 unspecified atom stereocenters. The summed E-state index contributed by atoms with van der Waals surface area (Å²) < 4.78 is 15.8. The van der Waals surface area contributed by atoms with Gasteiger partial charge < -0.3 is 19.5 Å². The van der Waals surface area contributed by atoms with E-state index in [9.17, 15) is 19.7 Å². The first-order chi connectivity index (χ1) is 13.4. The van der Waals surface area contributed by atoms with Crippen LogP contribution in [0.4, 0.5) is 11.4 Å². The van der Waals surface area contributed by atoms with Gasteiger partial charge in [-0.25, -0.2) is 4.79 Å². The molecule has 1 amide bonds. The number of hydrogen-bond acceptors (Lipinski definition) is 7. The number of nitrogens with zero attached hydrogens (tertiary/aromatic N) is 1. The van der Waals surface area contributed by atoms with Crippen LogP contribution in [-0.2, 0) is 14.3 Å². The highest BCUT2D eigenvalue weighted by atomic mass is 16.6. The van der Waals surface area contributed by atoms with Crippen molar-refractivity contribution in [2.75, 3.05) is 18.5 Å². The quantitative estimate of drug-likeness (QED) is 0.399. The van der Waals surface area contributed by atoms with E-state index >= 15 is 0 Å². The van der Waals surface area contributed by atoms with Crippen molar-refractivity contribution in [3.8, 4) is 11.5 Å². The summed E-state index contributed by atoms with van der Waals surface area (Å²) >= 11 is 0. The molecular weight excluding hydrogens is 368 g/mol. The zero-order valence-electron chi connectivity index (χ0n) is 15.4. The Balaban J connectivity index is 1.90. The molecule has 0 saturated heterocycles. The first-order valence-electron chi connectivity index (χ1n) is 8.50. The third-order valence-electron chi connectivity index (χ3n) is 3.53. The van der Waals surface area contributed by atoms with Gasteiger partial charge in [-0.2, -0.15) is 0 Å². The van der Waals surface area contributed by atoms with E-state index < -0.39 is 29.5 Å². The maximum atomic E-state index is 12.2. The van der Waals surface area contributed by atoms with Gasteiger partial charge in [0, 0.05) is 6.07 Å². The molecule has 0 spiro atoms. The minimum atomic E-state index is -1.17. The van der Waals surface area contributed by atoms with E-state index in [1.165, 1.54) is 25.1 Å². The van der Waals surface area contributed by atoms with Crippen molar-refractivity contribution < 1.29 is 28.7 Å². The fourth-order valence-electron chi connectivity index (χ4n) is 2.24. The van der Waals surface area contributed by atoms with Crippen LogP contribution >= 0.6 is 0 Å². The van der Waals surface area contributed by atoms with Gasteiger partial charge in [0.25, 0.3) is 11.6 Å². The summed E-state index contributed by atoms with van der Waals surface area (Å²) in [6.07, 6.45) is -1.17. The molecule has 0 saturated carbocycles. The van der Waals surface area contributed by atoms with Crippen LogP contribution in [0.3, 0.4) is 0 Å². The lowest BCUT2D eigenvalue weighted by atomic mass is 10.2. The number of nitro benzene ring substituents is 1. The summed E-state index contributed by atoms with van der Waals surface area (Å²) in [5, 5.41) is 13.4. The van der Waals surface area contributed by atoms with Gasteiger partial charge in [-0.3, -0.25) is 14.9 Å². The van der Waals surface area contributed by atoms with Crippen molar-refractivity contribution in [2.45, 2.75) is 20.0 Å². The molecule has 28 heavy (non-hydrogen) atoms. The van der Waals surface area contributed by atoms with E-state index in [-0.39, 0.29) is 11.4 Å². The number of nitrogens with one attached hydrogen (secondary N) is 1. The summed E-state index contributed by atoms with van der Waals surface area (Å²) in [6.45, 7) is 3.19. The minimum absolute atomic E-state index is 0.0160. The fourth-order valence-corrected chi connectivity index (χ4v) is 2.24. The predicted octanol–water partition coefficient (Wildman–Crippen LogP) is 2.94. The maximum Gasteiger partial charge on any atom is 0.344 e. The van der Waals surface area contributed by atoms with E-state index in [4.69, 9.17) is 14.2 Å². The minimum Gasteiger partial charge on any atom is -0.490 e. The average Bonchev–Trinajstić information content (AvgIpc) is 2.67. The van der Waals surface area contributed by atoms with Crippen LogP contribution in [0.2, 0.25) is 0 Å². The van der Waals surface area contributed by atoms with Gasteiger partial charge >= 0.3 is 5.97 Å². The molecule has 2 rings (SSSR count). The molecule has 0 aliphatic carbocycles. The standard InChI is InChI=1S/C19H20N2O7/c1-3-26-16-10-6-7-11-17(16)27-12-18(22)28-13(2)19(23)20-14-8-4-5-9-15(14)21(24)25/h4-11,13H,3,12H2,1-2H3,(H,20,23)/t13-/m0/s1. The van der Waals surface area contributed by atoms with Crippen LogP contribution in [0.25, 0.3) is 0 Å². The van der Waals surface area contributed by atoms with Crippen LogP contribution in [0.1, 0.15) is 13.8 Å². The Morgan fingerprint density at radius 3 is 2.32 bits per heavy atom. The second-order valence-electron chi connectivity index (χ2n) is 5.56. The number of ether oxygens (including phenoxy) is 3. The highest BCUT2D eigenvalue weighted by Crippen LogP contribution is 2.26.